The Morgan fingerprint density at radius 3 is 2.58 bits per heavy atom. The highest BCUT2D eigenvalue weighted by molar-refractivity contribution is 5.98. The quantitative estimate of drug-likeness (QED) is 0.342. The van der Waals surface area contributed by atoms with Crippen molar-refractivity contribution in [2.45, 2.75) is 38.1 Å². The molecule has 1 fully saturated rings. The Morgan fingerprint density at radius 1 is 1.08 bits per heavy atom. The molecular weight excluding hydrogens is 499 g/mol. The van der Waals surface area contributed by atoms with E-state index in [0.29, 0.717) is 30.8 Å². The van der Waals surface area contributed by atoms with E-state index in [0.717, 1.165) is 29.3 Å². The molecule has 0 aliphatic carbocycles. The molecule has 2 aromatic heterocycles. The molecule has 0 unspecified atom stereocenters. The number of H-pyrrole nitrogens is 1. The Balaban J connectivity index is 1.08. The van der Waals surface area contributed by atoms with Crippen molar-refractivity contribution in [3.05, 3.63) is 78.2 Å². The maximum atomic E-state index is 13.0. The number of carbonyl (C=O) groups is 2. The number of aromatic amines is 1. The van der Waals surface area contributed by atoms with Crippen molar-refractivity contribution in [2.24, 2.45) is 0 Å². The van der Waals surface area contributed by atoms with Crippen LogP contribution >= 0.6 is 0 Å². The first kappa shape index (κ1) is 25.4. The Bertz CT molecular complexity index is 1420. The number of aryl methyl sites for hydroxylation is 1. The third-order valence-electron chi connectivity index (χ3n) is 6.61. The van der Waals surface area contributed by atoms with Gasteiger partial charge in [-0.15, -0.1) is 13.2 Å². The maximum Gasteiger partial charge on any atom is 0.573 e. The molecule has 3 heterocycles. The lowest BCUT2D eigenvalue weighted by Gasteiger charge is -2.32. The number of carbonyl (C=O) groups excluding carboxylic acids is 2. The van der Waals surface area contributed by atoms with Crippen LogP contribution in [0, 0.1) is 0 Å². The highest BCUT2D eigenvalue weighted by Crippen LogP contribution is 2.26. The first-order chi connectivity index (χ1) is 18.2. The Hall–Kier alpha value is -4.28. The molecule has 0 atom stereocenters. The van der Waals surface area contributed by atoms with Crippen molar-refractivity contribution in [3.63, 3.8) is 0 Å². The first-order valence-corrected chi connectivity index (χ1v) is 12.3. The zero-order valence-electron chi connectivity index (χ0n) is 20.4. The van der Waals surface area contributed by atoms with Crippen molar-refractivity contribution in [1.29, 1.82) is 0 Å². The fourth-order valence-corrected chi connectivity index (χ4v) is 4.64. The Kier molecular flexibility index (Phi) is 7.08. The average Bonchev–Trinajstić information content (AvgIpc) is 3.56. The summed E-state index contributed by atoms with van der Waals surface area (Å²) in [7, 11) is 0. The standard InChI is InChI=1S/C27H26F3N5O3/c28-27(29,30)38-23-6-1-18(2-7-23)3-8-25(36)33-21-16-32-35(17-21)22-10-13-34(14-11-22)26(37)20-5-4-19-9-12-31-24(19)15-20/h1-2,4-7,9,12,15-17,22,31H,3,8,10-11,13-14H2,(H,33,36). The van der Waals surface area contributed by atoms with Crippen LogP contribution < -0.4 is 10.1 Å². The second kappa shape index (κ2) is 10.6. The Labute approximate surface area is 216 Å². The molecule has 0 saturated carbocycles. The van der Waals surface area contributed by atoms with Gasteiger partial charge >= 0.3 is 6.36 Å². The van der Waals surface area contributed by atoms with Crippen molar-refractivity contribution >= 4 is 28.4 Å². The monoisotopic (exact) mass is 525 g/mol. The molecule has 2 amide bonds. The molecule has 11 heteroatoms. The van der Waals surface area contributed by atoms with E-state index in [2.05, 4.69) is 20.1 Å². The molecule has 1 saturated heterocycles. The third-order valence-corrected chi connectivity index (χ3v) is 6.61. The van der Waals surface area contributed by atoms with Crippen LogP contribution in [-0.4, -0.2) is 50.9 Å². The molecule has 0 spiro atoms. The molecule has 2 aromatic carbocycles. The molecule has 38 heavy (non-hydrogen) atoms. The minimum atomic E-state index is -4.74. The smallest absolute Gasteiger partial charge is 0.406 e. The number of aromatic nitrogens is 3. The normalized spacial score (nSPS) is 14.6. The van der Waals surface area contributed by atoms with E-state index < -0.39 is 6.36 Å². The van der Waals surface area contributed by atoms with Crippen molar-refractivity contribution in [2.75, 3.05) is 18.4 Å². The van der Waals surface area contributed by atoms with Crippen LogP contribution in [-0.2, 0) is 11.2 Å². The summed E-state index contributed by atoms with van der Waals surface area (Å²) in [6.07, 6.45) is 2.52. The van der Waals surface area contributed by atoms with E-state index in [1.165, 1.54) is 24.3 Å². The summed E-state index contributed by atoms with van der Waals surface area (Å²) in [6.45, 7) is 1.22. The zero-order chi connectivity index (χ0) is 26.7. The van der Waals surface area contributed by atoms with Crippen LogP contribution in [0.3, 0.4) is 0 Å². The van der Waals surface area contributed by atoms with Gasteiger partial charge in [0.05, 0.1) is 17.9 Å². The molecule has 198 valence electrons. The summed E-state index contributed by atoms with van der Waals surface area (Å²) in [5, 5.41) is 8.27. The van der Waals surface area contributed by atoms with Crippen molar-refractivity contribution in [3.8, 4) is 5.75 Å². The van der Waals surface area contributed by atoms with Crippen LogP contribution in [0.25, 0.3) is 10.9 Å². The van der Waals surface area contributed by atoms with E-state index in [9.17, 15) is 22.8 Å². The number of hydrogen-bond acceptors (Lipinski definition) is 4. The molecule has 1 aliphatic heterocycles. The summed E-state index contributed by atoms with van der Waals surface area (Å²) in [5.74, 6) is -0.512. The van der Waals surface area contributed by atoms with Gasteiger partial charge in [0, 0.05) is 43.0 Å². The number of nitrogens with one attached hydrogen (secondary N) is 2. The summed E-state index contributed by atoms with van der Waals surface area (Å²) in [6, 6.07) is 13.2. The SMILES string of the molecule is O=C(CCc1ccc(OC(F)(F)F)cc1)Nc1cnn(C2CCN(C(=O)c3ccc4cc[nH]c4c3)CC2)c1. The van der Waals surface area contributed by atoms with Crippen LogP contribution in [0.4, 0.5) is 18.9 Å². The topological polar surface area (TPSA) is 92.2 Å². The van der Waals surface area contributed by atoms with Gasteiger partial charge in [0.1, 0.15) is 5.75 Å². The molecule has 0 radical (unpaired) electrons. The second-order valence-corrected chi connectivity index (χ2v) is 9.25. The molecule has 8 nitrogen and oxygen atoms in total. The van der Waals surface area contributed by atoms with Gasteiger partial charge in [-0.3, -0.25) is 14.3 Å². The summed E-state index contributed by atoms with van der Waals surface area (Å²) in [4.78, 5) is 30.3. The molecule has 4 aromatic rings. The van der Waals surface area contributed by atoms with E-state index in [1.54, 1.807) is 12.4 Å². The van der Waals surface area contributed by atoms with Crippen molar-refractivity contribution < 1.29 is 27.5 Å². The average molecular weight is 526 g/mol. The number of anilines is 1. The van der Waals surface area contributed by atoms with Crippen LogP contribution in [0.5, 0.6) is 5.75 Å². The van der Waals surface area contributed by atoms with Gasteiger partial charge in [-0.2, -0.15) is 5.10 Å². The number of alkyl halides is 3. The minimum Gasteiger partial charge on any atom is -0.406 e. The molecule has 1 aliphatic rings. The lowest BCUT2D eigenvalue weighted by molar-refractivity contribution is -0.274. The van der Waals surface area contributed by atoms with E-state index >= 15 is 0 Å². The first-order valence-electron chi connectivity index (χ1n) is 12.3. The highest BCUT2D eigenvalue weighted by atomic mass is 19.4. The number of rotatable bonds is 7. The molecular formula is C27H26F3N5O3. The third kappa shape index (κ3) is 6.16. The van der Waals surface area contributed by atoms with Gasteiger partial charge in [-0.05, 0) is 60.5 Å². The lowest BCUT2D eigenvalue weighted by Crippen LogP contribution is -2.39. The fourth-order valence-electron chi connectivity index (χ4n) is 4.64. The largest absolute Gasteiger partial charge is 0.573 e. The summed E-state index contributed by atoms with van der Waals surface area (Å²) in [5.41, 5.74) is 2.89. The number of halogens is 3. The maximum absolute atomic E-state index is 13.0. The van der Waals surface area contributed by atoms with Gasteiger partial charge in [0.2, 0.25) is 5.91 Å². The number of ether oxygens (including phenoxy) is 1. The number of benzene rings is 2. The van der Waals surface area contributed by atoms with Crippen molar-refractivity contribution in [1.82, 2.24) is 19.7 Å². The predicted molar refractivity (Wildman–Crippen MR) is 135 cm³/mol. The number of piperidine rings is 1. The summed E-state index contributed by atoms with van der Waals surface area (Å²) >= 11 is 0. The minimum absolute atomic E-state index is 0.0101. The Morgan fingerprint density at radius 2 is 1.84 bits per heavy atom. The van der Waals surface area contributed by atoms with Crippen LogP contribution in [0.2, 0.25) is 0 Å². The number of fused-ring (bicyclic) bond motifs is 1. The predicted octanol–water partition coefficient (Wildman–Crippen LogP) is 5.31. The lowest BCUT2D eigenvalue weighted by atomic mass is 10.0. The fraction of sp³-hybridized carbons (Fsp3) is 0.296. The van der Waals surface area contributed by atoms with E-state index in [-0.39, 0.29) is 30.0 Å². The van der Waals surface area contributed by atoms with E-state index in [4.69, 9.17) is 0 Å². The number of likely N-dealkylation sites (tertiary alicyclic amines) is 1. The number of hydrogen-bond donors (Lipinski definition) is 2. The van der Waals surface area contributed by atoms with Gasteiger partial charge in [0.25, 0.3) is 5.91 Å². The number of amides is 2. The van der Waals surface area contributed by atoms with Gasteiger partial charge in [-0.1, -0.05) is 18.2 Å². The van der Waals surface area contributed by atoms with Gasteiger partial charge in [-0.25, -0.2) is 0 Å². The van der Waals surface area contributed by atoms with Gasteiger partial charge < -0.3 is 19.9 Å². The molecule has 0 bridgehead atoms. The molecule has 5 rings (SSSR count). The van der Waals surface area contributed by atoms with E-state index in [1.807, 2.05) is 40.0 Å². The summed E-state index contributed by atoms with van der Waals surface area (Å²) < 4.78 is 42.5. The van der Waals surface area contributed by atoms with Crippen LogP contribution in [0.15, 0.2) is 67.1 Å². The second-order valence-electron chi connectivity index (χ2n) is 9.25. The number of nitrogens with zero attached hydrogens (tertiary/aromatic N) is 3. The van der Waals surface area contributed by atoms with Gasteiger partial charge in [0.15, 0.2) is 0 Å². The molecule has 2 N–H and O–H groups in total. The zero-order valence-corrected chi connectivity index (χ0v) is 20.4. The van der Waals surface area contributed by atoms with Crippen LogP contribution in [0.1, 0.15) is 41.2 Å². The highest BCUT2D eigenvalue weighted by Gasteiger charge is 2.31.